The van der Waals surface area contributed by atoms with Crippen LogP contribution >= 0.6 is 0 Å². The normalized spacial score (nSPS) is 10.9. The van der Waals surface area contributed by atoms with Gasteiger partial charge in [0.1, 0.15) is 11.5 Å². The quantitative estimate of drug-likeness (QED) is 0.591. The Morgan fingerprint density at radius 2 is 1.91 bits per heavy atom. The minimum Gasteiger partial charge on any atom is -0.508 e. The molecule has 2 aromatic carbocycles. The number of phenols is 2. The van der Waals surface area contributed by atoms with Gasteiger partial charge < -0.3 is 25.5 Å². The lowest BCUT2D eigenvalue weighted by Gasteiger charge is -2.03. The highest BCUT2D eigenvalue weighted by atomic mass is 16.4. The second-order valence-electron chi connectivity index (χ2n) is 4.91. The van der Waals surface area contributed by atoms with E-state index in [0.29, 0.717) is 10.9 Å². The number of hydrogen-bond donors (Lipinski definition) is 4. The van der Waals surface area contributed by atoms with Crippen molar-refractivity contribution in [2.45, 2.75) is 6.42 Å². The van der Waals surface area contributed by atoms with Crippen molar-refractivity contribution < 1.29 is 24.5 Å². The van der Waals surface area contributed by atoms with Crippen molar-refractivity contribution in [3.63, 3.8) is 0 Å². The fourth-order valence-corrected chi connectivity index (χ4v) is 2.34. The number of rotatable bonds is 3. The van der Waals surface area contributed by atoms with Crippen molar-refractivity contribution in [2.24, 2.45) is 5.73 Å². The average molecular weight is 299 g/mol. The number of fused-ring (bicyclic) bond motifs is 1. The molecule has 0 spiro atoms. The van der Waals surface area contributed by atoms with Crippen molar-refractivity contribution in [2.75, 3.05) is 0 Å². The maximum Gasteiger partial charge on any atom is 0.252 e. The molecule has 0 aliphatic heterocycles. The predicted octanol–water partition coefficient (Wildman–Crippen LogP) is 2.24. The Bertz CT molecular complexity index is 882. The molecule has 1 amide bonds. The summed E-state index contributed by atoms with van der Waals surface area (Å²) in [4.78, 5) is 11.4. The van der Waals surface area contributed by atoms with E-state index in [4.69, 9.17) is 10.2 Å². The number of carbonyl (C=O) groups excluding carboxylic acids is 1. The van der Waals surface area contributed by atoms with E-state index in [1.807, 2.05) is 0 Å². The summed E-state index contributed by atoms with van der Waals surface area (Å²) in [5.74, 6) is -0.741. The summed E-state index contributed by atoms with van der Waals surface area (Å²) in [5.41, 5.74) is 6.13. The molecule has 5 N–H and O–H groups in total. The third-order valence-electron chi connectivity index (χ3n) is 3.44. The molecule has 0 radical (unpaired) electrons. The summed E-state index contributed by atoms with van der Waals surface area (Å²) in [7, 11) is 0. The molecule has 0 fully saturated rings. The number of hydrogen-bond acceptors (Lipinski definition) is 5. The molecule has 3 rings (SSSR count). The topological polar surface area (TPSA) is 117 Å². The van der Waals surface area contributed by atoms with Gasteiger partial charge in [-0.15, -0.1) is 0 Å². The van der Waals surface area contributed by atoms with E-state index < -0.39 is 5.91 Å². The highest BCUT2D eigenvalue weighted by Gasteiger charge is 2.19. The Balaban J connectivity index is 2.10. The Morgan fingerprint density at radius 3 is 2.59 bits per heavy atom. The monoisotopic (exact) mass is 299 g/mol. The summed E-state index contributed by atoms with van der Waals surface area (Å²) < 4.78 is 5.56. The number of amides is 1. The van der Waals surface area contributed by atoms with Crippen LogP contribution in [0, 0.1) is 0 Å². The minimum absolute atomic E-state index is 0.0638. The van der Waals surface area contributed by atoms with Crippen LogP contribution in [0.1, 0.15) is 21.7 Å². The van der Waals surface area contributed by atoms with Gasteiger partial charge in [-0.2, -0.15) is 0 Å². The molecule has 22 heavy (non-hydrogen) atoms. The first-order valence-electron chi connectivity index (χ1n) is 6.51. The zero-order valence-corrected chi connectivity index (χ0v) is 11.4. The van der Waals surface area contributed by atoms with Gasteiger partial charge in [-0.05, 0) is 18.2 Å². The van der Waals surface area contributed by atoms with Gasteiger partial charge in [-0.25, -0.2) is 0 Å². The Kier molecular flexibility index (Phi) is 3.14. The molecule has 0 saturated carbocycles. The van der Waals surface area contributed by atoms with Crippen molar-refractivity contribution in [1.29, 1.82) is 0 Å². The molecule has 6 nitrogen and oxygen atoms in total. The summed E-state index contributed by atoms with van der Waals surface area (Å²) >= 11 is 0. The number of para-hydroxylation sites is 1. The number of nitrogens with two attached hydrogens (primary N) is 1. The fraction of sp³-hybridized carbons (Fsp3) is 0.0625. The lowest BCUT2D eigenvalue weighted by atomic mass is 10.1. The van der Waals surface area contributed by atoms with Crippen LogP contribution in [-0.4, -0.2) is 21.2 Å². The number of carbonyl (C=O) groups is 1. The third-order valence-corrected chi connectivity index (χ3v) is 3.44. The predicted molar refractivity (Wildman–Crippen MR) is 79.0 cm³/mol. The first-order chi connectivity index (χ1) is 10.5. The maximum atomic E-state index is 11.4. The molecule has 112 valence electrons. The van der Waals surface area contributed by atoms with E-state index in [9.17, 15) is 20.1 Å². The first-order valence-corrected chi connectivity index (χ1v) is 6.51. The van der Waals surface area contributed by atoms with E-state index in [-0.39, 0.29) is 40.6 Å². The molecule has 0 bridgehead atoms. The molecular weight excluding hydrogens is 286 g/mol. The molecule has 1 heterocycles. The van der Waals surface area contributed by atoms with Crippen LogP contribution < -0.4 is 5.73 Å². The van der Waals surface area contributed by atoms with E-state index in [0.717, 1.165) is 0 Å². The standard InChI is InChI=1S/C16H13NO5/c17-16(21)11-3-1-2-10-14(20)13(22-15(10)11)6-8-4-5-9(18)7-12(8)19/h1-5,7,18-20H,6H2,(H2,17,21). The van der Waals surface area contributed by atoms with Crippen molar-refractivity contribution >= 4 is 16.9 Å². The number of phenolic OH excluding ortho intramolecular Hbond substituents is 2. The number of primary amides is 1. The first kappa shape index (κ1) is 13.8. The van der Waals surface area contributed by atoms with Crippen molar-refractivity contribution in [3.8, 4) is 17.2 Å². The maximum absolute atomic E-state index is 11.4. The molecule has 0 atom stereocenters. The van der Waals surface area contributed by atoms with Gasteiger partial charge in [0.15, 0.2) is 17.1 Å². The van der Waals surface area contributed by atoms with Gasteiger partial charge in [0.2, 0.25) is 0 Å². The summed E-state index contributed by atoms with van der Waals surface area (Å²) in [6.07, 6.45) is 0.102. The van der Waals surface area contributed by atoms with E-state index in [1.165, 1.54) is 24.3 Å². The van der Waals surface area contributed by atoms with Crippen LogP contribution in [0.4, 0.5) is 0 Å². The molecule has 0 unspecified atom stereocenters. The van der Waals surface area contributed by atoms with Crippen LogP contribution in [0.5, 0.6) is 17.2 Å². The SMILES string of the molecule is NC(=O)c1cccc2c(O)c(Cc3ccc(O)cc3O)oc12. The lowest BCUT2D eigenvalue weighted by molar-refractivity contribution is 0.100. The van der Waals surface area contributed by atoms with Crippen molar-refractivity contribution in [1.82, 2.24) is 0 Å². The van der Waals surface area contributed by atoms with E-state index >= 15 is 0 Å². The Hall–Kier alpha value is -3.15. The highest BCUT2D eigenvalue weighted by Crippen LogP contribution is 2.36. The van der Waals surface area contributed by atoms with Crippen LogP contribution in [-0.2, 0) is 6.42 Å². The second kappa shape index (κ2) is 5.00. The van der Waals surface area contributed by atoms with E-state index in [2.05, 4.69) is 0 Å². The molecular formula is C16H13NO5. The molecule has 0 aliphatic carbocycles. The smallest absolute Gasteiger partial charge is 0.252 e. The van der Waals surface area contributed by atoms with Gasteiger partial charge in [0.25, 0.3) is 5.91 Å². The lowest BCUT2D eigenvalue weighted by Crippen LogP contribution is -2.10. The zero-order chi connectivity index (χ0) is 15.9. The van der Waals surface area contributed by atoms with Gasteiger partial charge in [0, 0.05) is 18.1 Å². The molecule has 0 saturated heterocycles. The summed E-state index contributed by atoms with van der Waals surface area (Å²) in [6, 6.07) is 8.86. The highest BCUT2D eigenvalue weighted by molar-refractivity contribution is 6.05. The average Bonchev–Trinajstić information content (AvgIpc) is 2.78. The molecule has 6 heteroatoms. The number of aromatic hydroxyl groups is 3. The number of furan rings is 1. The van der Waals surface area contributed by atoms with E-state index in [1.54, 1.807) is 12.1 Å². The molecule has 3 aromatic rings. The van der Waals surface area contributed by atoms with Gasteiger partial charge >= 0.3 is 0 Å². The van der Waals surface area contributed by atoms with Gasteiger partial charge in [0.05, 0.1) is 10.9 Å². The Labute approximate surface area is 125 Å². The summed E-state index contributed by atoms with van der Waals surface area (Å²) in [5, 5.41) is 29.7. The van der Waals surface area contributed by atoms with Gasteiger partial charge in [-0.1, -0.05) is 12.1 Å². The fourth-order valence-electron chi connectivity index (χ4n) is 2.34. The van der Waals surface area contributed by atoms with Crippen LogP contribution in [0.2, 0.25) is 0 Å². The van der Waals surface area contributed by atoms with Crippen molar-refractivity contribution in [3.05, 3.63) is 53.3 Å². The molecule has 0 aliphatic rings. The number of benzene rings is 2. The third kappa shape index (κ3) is 2.20. The Morgan fingerprint density at radius 1 is 1.14 bits per heavy atom. The van der Waals surface area contributed by atoms with Gasteiger partial charge in [-0.3, -0.25) is 4.79 Å². The zero-order valence-electron chi connectivity index (χ0n) is 11.4. The largest absolute Gasteiger partial charge is 0.508 e. The minimum atomic E-state index is -0.654. The van der Waals surface area contributed by atoms with Crippen LogP contribution in [0.15, 0.2) is 40.8 Å². The molecule has 1 aromatic heterocycles. The van der Waals surface area contributed by atoms with Crippen LogP contribution in [0.3, 0.4) is 0 Å². The summed E-state index contributed by atoms with van der Waals surface area (Å²) in [6.45, 7) is 0. The second-order valence-corrected chi connectivity index (χ2v) is 4.91. The van der Waals surface area contributed by atoms with Crippen LogP contribution in [0.25, 0.3) is 11.0 Å².